The second-order valence-electron chi connectivity index (χ2n) is 3.75. The summed E-state index contributed by atoms with van der Waals surface area (Å²) in [5.74, 6) is -0.638. The van der Waals surface area contributed by atoms with Gasteiger partial charge >= 0.3 is 5.97 Å². The lowest BCUT2D eigenvalue weighted by Gasteiger charge is -2.08. The maximum absolute atomic E-state index is 10.9. The first kappa shape index (κ1) is 13.8. The average molecular weight is 343 g/mol. The normalized spacial score (nSPS) is 10.2. The van der Waals surface area contributed by atoms with Crippen LogP contribution in [0.15, 0.2) is 41.1 Å². The van der Waals surface area contributed by atoms with Gasteiger partial charge in [-0.2, -0.15) is 0 Å². The maximum Gasteiger partial charge on any atom is 0.337 e. The molecule has 19 heavy (non-hydrogen) atoms. The van der Waals surface area contributed by atoms with Gasteiger partial charge in [0, 0.05) is 22.4 Å². The van der Waals surface area contributed by atoms with Gasteiger partial charge in [0.05, 0.1) is 10.6 Å². The summed E-state index contributed by atoms with van der Waals surface area (Å²) in [6, 6.07) is 6.40. The number of carboxylic acids is 1. The van der Waals surface area contributed by atoms with Crippen LogP contribution in [-0.4, -0.2) is 16.1 Å². The van der Waals surface area contributed by atoms with Crippen LogP contribution in [0.1, 0.15) is 15.9 Å². The van der Waals surface area contributed by atoms with Crippen LogP contribution in [-0.2, 0) is 6.61 Å². The molecule has 1 N–H and O–H groups in total. The second kappa shape index (κ2) is 6.04. The van der Waals surface area contributed by atoms with Gasteiger partial charge in [-0.3, -0.25) is 4.98 Å². The number of pyridine rings is 1. The SMILES string of the molecule is O=C(O)c1cc(OCc2cncc(Br)c2)ccc1Cl. The predicted molar refractivity (Wildman–Crippen MR) is 74.7 cm³/mol. The third-order valence-corrected chi connectivity index (χ3v) is 3.10. The molecule has 0 fully saturated rings. The molecule has 0 aliphatic heterocycles. The molecule has 4 nitrogen and oxygen atoms in total. The Morgan fingerprint density at radius 3 is 2.84 bits per heavy atom. The van der Waals surface area contributed by atoms with E-state index >= 15 is 0 Å². The highest BCUT2D eigenvalue weighted by Crippen LogP contribution is 2.23. The second-order valence-corrected chi connectivity index (χ2v) is 5.07. The van der Waals surface area contributed by atoms with E-state index in [9.17, 15) is 4.79 Å². The molecule has 6 heteroatoms. The molecule has 0 unspecified atom stereocenters. The summed E-state index contributed by atoms with van der Waals surface area (Å²) in [4.78, 5) is 15.0. The van der Waals surface area contributed by atoms with Crippen molar-refractivity contribution < 1.29 is 14.6 Å². The molecule has 0 bridgehead atoms. The molecule has 1 aromatic carbocycles. The van der Waals surface area contributed by atoms with Gasteiger partial charge in [-0.25, -0.2) is 4.79 Å². The average Bonchev–Trinajstić information content (AvgIpc) is 2.37. The Bertz CT molecular complexity index is 619. The first-order valence-corrected chi connectivity index (χ1v) is 6.48. The minimum absolute atomic E-state index is 0.0199. The van der Waals surface area contributed by atoms with Crippen molar-refractivity contribution in [3.8, 4) is 5.75 Å². The first-order valence-electron chi connectivity index (χ1n) is 5.31. The Hall–Kier alpha value is -1.59. The number of hydrogen-bond donors (Lipinski definition) is 1. The Balaban J connectivity index is 2.12. The fourth-order valence-electron chi connectivity index (χ4n) is 1.46. The lowest BCUT2D eigenvalue weighted by Crippen LogP contribution is -2.00. The summed E-state index contributed by atoms with van der Waals surface area (Å²) in [5, 5.41) is 9.14. The molecular weight excluding hydrogens is 334 g/mol. The summed E-state index contributed by atoms with van der Waals surface area (Å²) in [7, 11) is 0. The van der Waals surface area contributed by atoms with Gasteiger partial charge in [-0.15, -0.1) is 0 Å². The number of halogens is 2. The molecule has 0 saturated carbocycles. The molecule has 0 saturated heterocycles. The Morgan fingerprint density at radius 1 is 1.37 bits per heavy atom. The van der Waals surface area contributed by atoms with E-state index in [4.69, 9.17) is 21.4 Å². The number of ether oxygens (including phenoxy) is 1. The van der Waals surface area contributed by atoms with Gasteiger partial charge in [0.1, 0.15) is 12.4 Å². The molecule has 0 spiro atoms. The van der Waals surface area contributed by atoms with Crippen molar-refractivity contribution in [1.29, 1.82) is 0 Å². The van der Waals surface area contributed by atoms with Crippen LogP contribution in [0, 0.1) is 0 Å². The van der Waals surface area contributed by atoms with Crippen molar-refractivity contribution in [3.63, 3.8) is 0 Å². The minimum atomic E-state index is -1.08. The van der Waals surface area contributed by atoms with E-state index in [1.165, 1.54) is 12.1 Å². The molecule has 1 heterocycles. The third kappa shape index (κ3) is 3.68. The maximum atomic E-state index is 10.9. The summed E-state index contributed by atoms with van der Waals surface area (Å²) in [6.07, 6.45) is 3.35. The van der Waals surface area contributed by atoms with E-state index in [1.807, 2.05) is 6.07 Å². The number of hydrogen-bond acceptors (Lipinski definition) is 3. The summed E-state index contributed by atoms with van der Waals surface area (Å²) < 4.78 is 6.37. The summed E-state index contributed by atoms with van der Waals surface area (Å²) in [6.45, 7) is 0.299. The lowest BCUT2D eigenvalue weighted by atomic mass is 10.2. The first-order chi connectivity index (χ1) is 9.06. The minimum Gasteiger partial charge on any atom is -0.489 e. The van der Waals surface area contributed by atoms with Crippen LogP contribution in [0.3, 0.4) is 0 Å². The van der Waals surface area contributed by atoms with Crippen molar-refractivity contribution in [2.45, 2.75) is 6.61 Å². The van der Waals surface area contributed by atoms with Crippen LogP contribution in [0.25, 0.3) is 0 Å². The fourth-order valence-corrected chi connectivity index (χ4v) is 2.07. The van der Waals surface area contributed by atoms with Crippen LogP contribution in [0.5, 0.6) is 5.75 Å². The third-order valence-electron chi connectivity index (χ3n) is 2.34. The molecule has 2 aromatic rings. The van der Waals surface area contributed by atoms with E-state index < -0.39 is 5.97 Å². The van der Waals surface area contributed by atoms with Gasteiger partial charge in [-0.05, 0) is 40.2 Å². The quantitative estimate of drug-likeness (QED) is 0.918. The van der Waals surface area contributed by atoms with Gasteiger partial charge < -0.3 is 9.84 Å². The van der Waals surface area contributed by atoms with Gasteiger partial charge in [0.15, 0.2) is 0 Å². The molecule has 98 valence electrons. The van der Waals surface area contributed by atoms with Gasteiger partial charge in [-0.1, -0.05) is 11.6 Å². The lowest BCUT2D eigenvalue weighted by molar-refractivity contribution is 0.0696. The number of aromatic nitrogens is 1. The smallest absolute Gasteiger partial charge is 0.337 e. The summed E-state index contributed by atoms with van der Waals surface area (Å²) in [5.41, 5.74) is 0.896. The zero-order valence-electron chi connectivity index (χ0n) is 9.64. The molecule has 0 amide bonds. The number of nitrogens with zero attached hydrogens (tertiary/aromatic N) is 1. The highest BCUT2D eigenvalue weighted by molar-refractivity contribution is 9.10. The van der Waals surface area contributed by atoms with Crippen LogP contribution < -0.4 is 4.74 Å². The fraction of sp³-hybridized carbons (Fsp3) is 0.0769. The van der Waals surface area contributed by atoms with Crippen molar-refractivity contribution >= 4 is 33.5 Å². The zero-order chi connectivity index (χ0) is 13.8. The largest absolute Gasteiger partial charge is 0.489 e. The number of rotatable bonds is 4. The number of carboxylic acid groups (broad SMARTS) is 1. The highest BCUT2D eigenvalue weighted by atomic mass is 79.9. The van der Waals surface area contributed by atoms with E-state index in [-0.39, 0.29) is 10.6 Å². The Labute approximate surface area is 123 Å². The van der Waals surface area contributed by atoms with Crippen molar-refractivity contribution in [1.82, 2.24) is 4.98 Å². The Kier molecular flexibility index (Phi) is 4.39. The molecule has 1 aromatic heterocycles. The standard InChI is InChI=1S/C13H9BrClNO3/c14-9-3-8(5-16-6-9)7-19-10-1-2-12(15)11(4-10)13(17)18/h1-6H,7H2,(H,17,18). The van der Waals surface area contributed by atoms with Crippen LogP contribution >= 0.6 is 27.5 Å². The molecule has 2 rings (SSSR count). The highest BCUT2D eigenvalue weighted by Gasteiger charge is 2.10. The monoisotopic (exact) mass is 341 g/mol. The van der Waals surface area contributed by atoms with Crippen LogP contribution in [0.4, 0.5) is 0 Å². The topological polar surface area (TPSA) is 59.4 Å². The van der Waals surface area contributed by atoms with Crippen molar-refractivity contribution in [3.05, 3.63) is 57.3 Å². The van der Waals surface area contributed by atoms with Gasteiger partial charge in [0.25, 0.3) is 0 Å². The molecule has 0 aliphatic carbocycles. The van der Waals surface area contributed by atoms with Crippen molar-refractivity contribution in [2.24, 2.45) is 0 Å². The number of benzene rings is 1. The van der Waals surface area contributed by atoms with E-state index in [1.54, 1.807) is 18.5 Å². The number of aromatic carboxylic acids is 1. The Morgan fingerprint density at radius 2 is 2.16 bits per heavy atom. The van der Waals surface area contributed by atoms with Crippen LogP contribution in [0.2, 0.25) is 5.02 Å². The predicted octanol–water partition coefficient (Wildman–Crippen LogP) is 3.77. The molecule has 0 aliphatic rings. The molecule has 0 atom stereocenters. The van der Waals surface area contributed by atoms with Gasteiger partial charge in [0.2, 0.25) is 0 Å². The number of carbonyl (C=O) groups is 1. The molecular formula is C13H9BrClNO3. The van der Waals surface area contributed by atoms with E-state index in [2.05, 4.69) is 20.9 Å². The molecule has 0 radical (unpaired) electrons. The van der Waals surface area contributed by atoms with E-state index in [0.29, 0.717) is 12.4 Å². The zero-order valence-corrected chi connectivity index (χ0v) is 12.0. The van der Waals surface area contributed by atoms with E-state index in [0.717, 1.165) is 10.0 Å². The summed E-state index contributed by atoms with van der Waals surface area (Å²) >= 11 is 9.09. The van der Waals surface area contributed by atoms with Crippen molar-refractivity contribution in [2.75, 3.05) is 0 Å².